The van der Waals surface area contributed by atoms with Crippen LogP contribution in [0.5, 0.6) is 0 Å². The van der Waals surface area contributed by atoms with Crippen LogP contribution in [0.1, 0.15) is 31.8 Å². The second-order valence-corrected chi connectivity index (χ2v) is 10.0. The molecule has 2 N–H and O–H groups in total. The lowest BCUT2D eigenvalue weighted by molar-refractivity contribution is 0.0303. The maximum absolute atomic E-state index is 13.1. The Morgan fingerprint density at radius 1 is 0.914 bits per heavy atom. The van der Waals surface area contributed by atoms with Crippen molar-refractivity contribution < 1.29 is 22.7 Å². The molecule has 1 aliphatic heterocycles. The molecule has 0 radical (unpaired) electrons. The third-order valence-electron chi connectivity index (χ3n) is 5.71. The summed E-state index contributed by atoms with van der Waals surface area (Å²) in [4.78, 5) is 27.8. The van der Waals surface area contributed by atoms with Crippen molar-refractivity contribution in [2.24, 2.45) is 0 Å². The molecule has 3 aromatic carbocycles. The molecule has 35 heavy (non-hydrogen) atoms. The topological polar surface area (TPSA) is 105 Å². The predicted octanol–water partition coefficient (Wildman–Crippen LogP) is 3.83. The lowest BCUT2D eigenvalue weighted by Gasteiger charge is -2.27. The Kier molecular flexibility index (Phi) is 7.18. The first kappa shape index (κ1) is 24.4. The second kappa shape index (κ2) is 10.3. The number of rotatable bonds is 6. The van der Waals surface area contributed by atoms with E-state index in [1.807, 2.05) is 13.0 Å². The first-order valence-electron chi connectivity index (χ1n) is 11.2. The van der Waals surface area contributed by atoms with Gasteiger partial charge in [0.2, 0.25) is 0 Å². The fraction of sp³-hybridized carbons (Fsp3) is 0.231. The molecule has 1 fully saturated rings. The van der Waals surface area contributed by atoms with Gasteiger partial charge in [-0.3, -0.25) is 14.3 Å². The molecule has 0 bridgehead atoms. The minimum Gasteiger partial charge on any atom is -0.378 e. The summed E-state index contributed by atoms with van der Waals surface area (Å²) in [6.45, 7) is 5.57. The third kappa shape index (κ3) is 5.70. The van der Waals surface area contributed by atoms with Crippen molar-refractivity contribution in [3.05, 3.63) is 89.0 Å². The highest BCUT2D eigenvalue weighted by atomic mass is 32.2. The predicted molar refractivity (Wildman–Crippen MR) is 134 cm³/mol. The minimum absolute atomic E-state index is 0.133. The van der Waals surface area contributed by atoms with Crippen molar-refractivity contribution in [3.63, 3.8) is 0 Å². The van der Waals surface area contributed by atoms with Crippen molar-refractivity contribution in [1.29, 1.82) is 0 Å². The Morgan fingerprint density at radius 2 is 1.66 bits per heavy atom. The van der Waals surface area contributed by atoms with Gasteiger partial charge in [0, 0.05) is 24.3 Å². The summed E-state index contributed by atoms with van der Waals surface area (Å²) in [5, 5.41) is 2.77. The number of nitrogens with one attached hydrogen (secondary N) is 2. The number of hydrogen-bond donors (Lipinski definition) is 2. The van der Waals surface area contributed by atoms with Gasteiger partial charge < -0.3 is 15.0 Å². The van der Waals surface area contributed by atoms with E-state index in [1.54, 1.807) is 66.4 Å². The van der Waals surface area contributed by atoms with Crippen LogP contribution in [0.15, 0.2) is 71.6 Å². The van der Waals surface area contributed by atoms with Crippen LogP contribution >= 0.6 is 0 Å². The quantitative estimate of drug-likeness (QED) is 0.543. The number of hydrogen-bond acceptors (Lipinski definition) is 5. The number of morpholine rings is 1. The Bertz CT molecular complexity index is 1360. The summed E-state index contributed by atoms with van der Waals surface area (Å²) in [5.41, 5.74) is 2.62. The van der Waals surface area contributed by atoms with Crippen LogP contribution in [0.4, 0.5) is 11.4 Å². The largest absolute Gasteiger partial charge is 0.378 e. The average Bonchev–Trinajstić information content (AvgIpc) is 2.85. The number of benzene rings is 3. The maximum atomic E-state index is 13.1. The Balaban J connectivity index is 1.55. The van der Waals surface area contributed by atoms with Crippen molar-refractivity contribution >= 4 is 33.2 Å². The minimum atomic E-state index is -3.92. The lowest BCUT2D eigenvalue weighted by atomic mass is 10.1. The van der Waals surface area contributed by atoms with Crippen LogP contribution in [0.25, 0.3) is 0 Å². The highest BCUT2D eigenvalue weighted by molar-refractivity contribution is 7.92. The van der Waals surface area contributed by atoms with Gasteiger partial charge in [0.1, 0.15) is 0 Å². The molecular formula is C26H27N3O5S. The number of nitrogens with zero attached hydrogens (tertiary/aromatic N) is 1. The fourth-order valence-electron chi connectivity index (χ4n) is 3.84. The monoisotopic (exact) mass is 493 g/mol. The second-order valence-electron chi connectivity index (χ2n) is 8.36. The fourth-order valence-corrected chi connectivity index (χ4v) is 5.25. The Labute approximate surface area is 205 Å². The van der Waals surface area contributed by atoms with Crippen molar-refractivity contribution in [2.75, 3.05) is 36.3 Å². The van der Waals surface area contributed by atoms with E-state index in [4.69, 9.17) is 4.74 Å². The van der Waals surface area contributed by atoms with E-state index in [2.05, 4.69) is 10.0 Å². The maximum Gasteiger partial charge on any atom is 0.262 e. The number of anilines is 2. The van der Waals surface area contributed by atoms with E-state index in [1.165, 1.54) is 6.07 Å². The van der Waals surface area contributed by atoms with Gasteiger partial charge in [-0.1, -0.05) is 30.3 Å². The zero-order valence-electron chi connectivity index (χ0n) is 19.6. The summed E-state index contributed by atoms with van der Waals surface area (Å²) in [6, 6.07) is 18.2. The highest BCUT2D eigenvalue weighted by Crippen LogP contribution is 2.24. The third-order valence-corrected chi connectivity index (χ3v) is 7.22. The number of aryl methyl sites for hydroxylation is 2. The zero-order valence-corrected chi connectivity index (χ0v) is 20.4. The molecule has 0 atom stereocenters. The van der Waals surface area contributed by atoms with Gasteiger partial charge in [0.25, 0.3) is 21.8 Å². The molecule has 8 nitrogen and oxygen atoms in total. The van der Waals surface area contributed by atoms with Gasteiger partial charge in [-0.2, -0.15) is 0 Å². The number of carbonyl (C=O) groups is 2. The standard InChI is InChI=1S/C26H27N3O5S/c1-18-10-11-19(2)24(16-18)35(32,33)28-23-9-4-3-8-22(23)25(30)27-21-7-5-6-20(17-21)26(31)29-12-14-34-15-13-29/h3-11,16-17,28H,12-15H2,1-2H3,(H,27,30). The van der Waals surface area contributed by atoms with Gasteiger partial charge >= 0.3 is 0 Å². The van der Waals surface area contributed by atoms with Crippen LogP contribution < -0.4 is 10.0 Å². The van der Waals surface area contributed by atoms with E-state index >= 15 is 0 Å². The summed E-state index contributed by atoms with van der Waals surface area (Å²) in [5.74, 6) is -0.633. The van der Waals surface area contributed by atoms with Crippen LogP contribution in [0.2, 0.25) is 0 Å². The number of sulfonamides is 1. The molecule has 9 heteroatoms. The molecule has 1 aliphatic rings. The zero-order chi connectivity index (χ0) is 25.0. The molecule has 1 saturated heterocycles. The van der Waals surface area contributed by atoms with Gasteiger partial charge in [-0.05, 0) is 61.4 Å². The first-order valence-corrected chi connectivity index (χ1v) is 12.7. The Hall–Kier alpha value is -3.69. The van der Waals surface area contributed by atoms with Crippen LogP contribution in [0, 0.1) is 13.8 Å². The van der Waals surface area contributed by atoms with E-state index in [-0.39, 0.29) is 22.1 Å². The summed E-state index contributed by atoms with van der Waals surface area (Å²) < 4.78 is 34.0. The van der Waals surface area contributed by atoms with Gasteiger partial charge in [-0.25, -0.2) is 8.42 Å². The smallest absolute Gasteiger partial charge is 0.262 e. The normalized spacial score (nSPS) is 13.8. The molecule has 3 aromatic rings. The van der Waals surface area contributed by atoms with Crippen LogP contribution in [0.3, 0.4) is 0 Å². The molecule has 4 rings (SSSR count). The van der Waals surface area contributed by atoms with Crippen molar-refractivity contribution in [2.45, 2.75) is 18.7 Å². The lowest BCUT2D eigenvalue weighted by Crippen LogP contribution is -2.40. The number of para-hydroxylation sites is 1. The summed E-state index contributed by atoms with van der Waals surface area (Å²) >= 11 is 0. The molecule has 2 amide bonds. The molecule has 0 unspecified atom stereocenters. The summed E-state index contributed by atoms with van der Waals surface area (Å²) in [6.07, 6.45) is 0. The molecule has 0 spiro atoms. The molecule has 182 valence electrons. The number of amides is 2. The Morgan fingerprint density at radius 3 is 2.43 bits per heavy atom. The van der Waals surface area contributed by atoms with Crippen molar-refractivity contribution in [3.8, 4) is 0 Å². The molecule has 0 saturated carbocycles. The summed E-state index contributed by atoms with van der Waals surface area (Å²) in [7, 11) is -3.92. The molecular weight excluding hydrogens is 466 g/mol. The van der Waals surface area contributed by atoms with Gasteiger partial charge in [0.15, 0.2) is 0 Å². The first-order chi connectivity index (χ1) is 16.7. The van der Waals surface area contributed by atoms with E-state index in [9.17, 15) is 18.0 Å². The van der Waals surface area contributed by atoms with Crippen LogP contribution in [-0.4, -0.2) is 51.4 Å². The van der Waals surface area contributed by atoms with Crippen LogP contribution in [-0.2, 0) is 14.8 Å². The number of ether oxygens (including phenoxy) is 1. The average molecular weight is 494 g/mol. The number of carbonyl (C=O) groups excluding carboxylic acids is 2. The molecule has 0 aliphatic carbocycles. The molecule has 0 aromatic heterocycles. The van der Waals surface area contributed by atoms with E-state index < -0.39 is 15.9 Å². The van der Waals surface area contributed by atoms with E-state index in [0.717, 1.165) is 5.56 Å². The molecule has 1 heterocycles. The van der Waals surface area contributed by atoms with Gasteiger partial charge in [0.05, 0.1) is 29.4 Å². The van der Waals surface area contributed by atoms with Crippen molar-refractivity contribution in [1.82, 2.24) is 4.90 Å². The SMILES string of the molecule is Cc1ccc(C)c(S(=O)(=O)Nc2ccccc2C(=O)Nc2cccc(C(=O)N3CCOCC3)c2)c1. The van der Waals surface area contributed by atoms with E-state index in [0.29, 0.717) is 43.1 Å². The van der Waals surface area contributed by atoms with Gasteiger partial charge in [-0.15, -0.1) is 0 Å². The highest BCUT2D eigenvalue weighted by Gasteiger charge is 2.22.